The first-order valence-corrected chi connectivity index (χ1v) is 19.9. The highest BCUT2D eigenvalue weighted by atomic mass is 16.7. The minimum atomic E-state index is -1.76. The van der Waals surface area contributed by atoms with Crippen LogP contribution in [0.15, 0.2) is 24.3 Å². The van der Waals surface area contributed by atoms with Gasteiger partial charge in [0.15, 0.2) is 18.7 Å². The van der Waals surface area contributed by atoms with E-state index in [1.165, 1.54) is 58.3 Å². The summed E-state index contributed by atoms with van der Waals surface area (Å²) in [6, 6.07) is 0. The van der Waals surface area contributed by atoms with Gasteiger partial charge < -0.3 is 64.2 Å². The van der Waals surface area contributed by atoms with Crippen molar-refractivity contribution in [2.24, 2.45) is 0 Å². The van der Waals surface area contributed by atoms with E-state index in [4.69, 9.17) is 28.4 Å². The minimum absolute atomic E-state index is 0.156. The van der Waals surface area contributed by atoms with Gasteiger partial charge in [-0.1, -0.05) is 89.0 Å². The van der Waals surface area contributed by atoms with Crippen molar-refractivity contribution in [2.45, 2.75) is 184 Å². The largest absolute Gasteiger partial charge is 0.462 e. The molecule has 7 N–H and O–H groups in total. The highest BCUT2D eigenvalue weighted by molar-refractivity contribution is 5.69. The fraction of sp³-hybridized carbons (Fsp3) is 0.846. The molecule has 0 aliphatic carbocycles. The molecule has 0 aromatic heterocycles. The van der Waals surface area contributed by atoms with Gasteiger partial charge in [0.2, 0.25) is 0 Å². The van der Waals surface area contributed by atoms with Crippen LogP contribution in [-0.4, -0.2) is 142 Å². The Morgan fingerprint density at radius 1 is 0.630 bits per heavy atom. The first-order valence-electron chi connectivity index (χ1n) is 19.9. The lowest BCUT2D eigenvalue weighted by Crippen LogP contribution is -2.61. The number of carbonyl (C=O) groups excluding carboxylic acids is 2. The topological polar surface area (TPSA) is 231 Å². The zero-order valence-electron chi connectivity index (χ0n) is 32.2. The van der Waals surface area contributed by atoms with Crippen molar-refractivity contribution in [1.82, 2.24) is 0 Å². The molecule has 314 valence electrons. The average molecular weight is 777 g/mol. The number of ether oxygens (including phenoxy) is 6. The summed E-state index contributed by atoms with van der Waals surface area (Å²) in [7, 11) is 0. The highest BCUT2D eigenvalue weighted by Gasteiger charge is 2.47. The molecule has 2 aliphatic rings. The first kappa shape index (κ1) is 48.1. The van der Waals surface area contributed by atoms with Crippen molar-refractivity contribution in [3.05, 3.63) is 24.3 Å². The molecule has 11 unspecified atom stereocenters. The number of aliphatic hydroxyl groups excluding tert-OH is 7. The van der Waals surface area contributed by atoms with Gasteiger partial charge in [0.05, 0.1) is 19.8 Å². The Balaban J connectivity index is 1.66. The van der Waals surface area contributed by atoms with Gasteiger partial charge in [-0.2, -0.15) is 0 Å². The molecule has 0 saturated carbocycles. The van der Waals surface area contributed by atoms with E-state index in [2.05, 4.69) is 31.2 Å². The predicted octanol–water partition coefficient (Wildman–Crippen LogP) is 2.48. The number of allylic oxidation sites excluding steroid dienone is 4. The van der Waals surface area contributed by atoms with Crippen LogP contribution >= 0.6 is 0 Å². The summed E-state index contributed by atoms with van der Waals surface area (Å²) in [5.74, 6) is -1.12. The van der Waals surface area contributed by atoms with Crippen LogP contribution in [0.2, 0.25) is 0 Å². The zero-order chi connectivity index (χ0) is 39.7. The van der Waals surface area contributed by atoms with Crippen molar-refractivity contribution < 1.29 is 73.8 Å². The Hall–Kier alpha value is -2.02. The summed E-state index contributed by atoms with van der Waals surface area (Å²) >= 11 is 0. The second kappa shape index (κ2) is 28.4. The summed E-state index contributed by atoms with van der Waals surface area (Å²) in [4.78, 5) is 24.1. The fourth-order valence-corrected chi connectivity index (χ4v) is 6.15. The average Bonchev–Trinajstić information content (AvgIpc) is 3.15. The second-order valence-electron chi connectivity index (χ2n) is 14.2. The quantitative estimate of drug-likeness (QED) is 0.0344. The Kier molecular flexibility index (Phi) is 25.3. The molecule has 54 heavy (non-hydrogen) atoms. The summed E-state index contributed by atoms with van der Waals surface area (Å²) in [6.07, 6.45) is 9.19. The van der Waals surface area contributed by atoms with Crippen LogP contribution in [0, 0.1) is 0 Å². The van der Waals surface area contributed by atoms with Crippen molar-refractivity contribution in [2.75, 3.05) is 26.4 Å². The standard InChI is InChI=1S/C39H68O15/c1-3-4-5-6-7-8-9-10-11-12-13-14-15-16-17-18-19-20-21-22-31(42)52-28(24-49-27(2)41)25-50-38-37(48)35(46)33(44)30(54-38)26-51-39-36(47)34(45)32(43)29(23-40)53-39/h7-8,10-11,28-30,32-40,43-48H,3-6,9,12-26H2,1-2H3/b8-7-,11-10-. The third kappa shape index (κ3) is 18.7. The van der Waals surface area contributed by atoms with Crippen molar-refractivity contribution >= 4 is 11.9 Å². The maximum Gasteiger partial charge on any atom is 0.306 e. The maximum absolute atomic E-state index is 12.6. The van der Waals surface area contributed by atoms with Gasteiger partial charge in [-0.25, -0.2) is 0 Å². The molecule has 11 atom stereocenters. The molecule has 2 fully saturated rings. The van der Waals surface area contributed by atoms with E-state index in [-0.39, 0.29) is 13.0 Å². The van der Waals surface area contributed by atoms with Gasteiger partial charge >= 0.3 is 11.9 Å². The van der Waals surface area contributed by atoms with Crippen molar-refractivity contribution in [3.63, 3.8) is 0 Å². The van der Waals surface area contributed by atoms with Gasteiger partial charge in [-0.15, -0.1) is 0 Å². The summed E-state index contributed by atoms with van der Waals surface area (Å²) in [5, 5.41) is 71.0. The molecule has 2 heterocycles. The van der Waals surface area contributed by atoms with Crippen molar-refractivity contribution in [1.29, 1.82) is 0 Å². The maximum atomic E-state index is 12.6. The lowest BCUT2D eigenvalue weighted by atomic mass is 9.98. The Morgan fingerprint density at radius 3 is 1.72 bits per heavy atom. The van der Waals surface area contributed by atoms with Crippen LogP contribution in [0.1, 0.15) is 117 Å². The third-order valence-corrected chi connectivity index (χ3v) is 9.49. The van der Waals surface area contributed by atoms with E-state index in [9.17, 15) is 45.3 Å². The molecule has 15 heteroatoms. The number of unbranched alkanes of at least 4 members (excludes halogenated alkanes) is 12. The molecule has 2 rings (SSSR count). The summed E-state index contributed by atoms with van der Waals surface area (Å²) in [6.45, 7) is 1.49. The number of hydrogen-bond donors (Lipinski definition) is 7. The van der Waals surface area contributed by atoms with Gasteiger partial charge in [0, 0.05) is 13.3 Å². The monoisotopic (exact) mass is 776 g/mol. The molecule has 15 nitrogen and oxygen atoms in total. The second-order valence-corrected chi connectivity index (χ2v) is 14.2. The normalized spacial score (nSPS) is 29.5. The van der Waals surface area contributed by atoms with Crippen molar-refractivity contribution in [3.8, 4) is 0 Å². The van der Waals surface area contributed by atoms with E-state index < -0.39 is 99.3 Å². The Labute approximate surface area is 320 Å². The Morgan fingerprint density at radius 2 is 1.15 bits per heavy atom. The summed E-state index contributed by atoms with van der Waals surface area (Å²) in [5.41, 5.74) is 0. The molecule has 2 aliphatic heterocycles. The molecule has 0 amide bonds. The van der Waals surface area contributed by atoms with E-state index in [0.717, 1.165) is 38.5 Å². The van der Waals surface area contributed by atoms with Gasteiger partial charge in [-0.05, 0) is 38.5 Å². The SMILES string of the molecule is CCCCC/C=C\C/C=C\CCCCCCCCCCCC(=O)OC(COC(C)=O)COC1OC(COC2OC(CO)C(O)C(O)C2O)C(O)C(O)C1O. The lowest BCUT2D eigenvalue weighted by Gasteiger charge is -2.42. The van der Waals surface area contributed by atoms with E-state index in [1.807, 2.05) is 0 Å². The van der Waals surface area contributed by atoms with Gasteiger partial charge in [0.1, 0.15) is 55.4 Å². The van der Waals surface area contributed by atoms with Crippen LogP contribution < -0.4 is 0 Å². The molecular formula is C39H68O15. The molecule has 0 bridgehead atoms. The molecule has 0 spiro atoms. The highest BCUT2D eigenvalue weighted by Crippen LogP contribution is 2.26. The molecule has 2 saturated heterocycles. The third-order valence-electron chi connectivity index (χ3n) is 9.49. The number of esters is 2. The van der Waals surface area contributed by atoms with E-state index in [0.29, 0.717) is 6.42 Å². The summed E-state index contributed by atoms with van der Waals surface area (Å²) < 4.78 is 32.4. The molecule has 0 radical (unpaired) electrons. The number of hydrogen-bond acceptors (Lipinski definition) is 15. The number of rotatable bonds is 28. The van der Waals surface area contributed by atoms with Crippen LogP contribution in [0.5, 0.6) is 0 Å². The first-order chi connectivity index (χ1) is 26.0. The molecular weight excluding hydrogens is 708 g/mol. The Bertz CT molecular complexity index is 1060. The zero-order valence-corrected chi connectivity index (χ0v) is 32.2. The molecule has 0 aromatic rings. The minimum Gasteiger partial charge on any atom is -0.462 e. The van der Waals surface area contributed by atoms with Gasteiger partial charge in [0.25, 0.3) is 0 Å². The molecule has 0 aromatic carbocycles. The fourth-order valence-electron chi connectivity index (χ4n) is 6.15. The number of carbonyl (C=O) groups is 2. The number of aliphatic hydroxyl groups is 7. The van der Waals surface area contributed by atoms with E-state index >= 15 is 0 Å². The smallest absolute Gasteiger partial charge is 0.306 e. The van der Waals surface area contributed by atoms with Crippen LogP contribution in [-0.2, 0) is 38.0 Å². The van der Waals surface area contributed by atoms with Crippen LogP contribution in [0.3, 0.4) is 0 Å². The van der Waals surface area contributed by atoms with Crippen LogP contribution in [0.25, 0.3) is 0 Å². The predicted molar refractivity (Wildman–Crippen MR) is 197 cm³/mol. The van der Waals surface area contributed by atoms with Gasteiger partial charge in [-0.3, -0.25) is 9.59 Å². The van der Waals surface area contributed by atoms with E-state index in [1.54, 1.807) is 0 Å². The lowest BCUT2D eigenvalue weighted by molar-refractivity contribution is -0.332. The van der Waals surface area contributed by atoms with Crippen LogP contribution in [0.4, 0.5) is 0 Å².